The van der Waals surface area contributed by atoms with E-state index in [-0.39, 0.29) is 9.92 Å². The number of nitrogens with two attached hydrogens (primary N) is 1. The van der Waals surface area contributed by atoms with Crippen molar-refractivity contribution in [2.24, 2.45) is 5.14 Å². The third-order valence-electron chi connectivity index (χ3n) is 2.21. The molecule has 2 rings (SSSR count). The molecule has 5 nitrogen and oxygen atoms in total. The van der Waals surface area contributed by atoms with E-state index in [0.29, 0.717) is 6.54 Å². The molecule has 0 fully saturated rings. The number of sulfonamides is 1. The second-order valence-electron chi connectivity index (χ2n) is 3.51. The molecule has 0 saturated heterocycles. The molecule has 17 heavy (non-hydrogen) atoms. The Hall–Kier alpha value is -1.37. The zero-order valence-corrected chi connectivity index (χ0v) is 10.3. The van der Waals surface area contributed by atoms with Crippen LogP contribution in [0.5, 0.6) is 0 Å². The van der Waals surface area contributed by atoms with E-state index in [2.05, 4.69) is 5.10 Å². The Kier molecular flexibility index (Phi) is 3.19. The molecule has 0 unspecified atom stereocenters. The predicted octanol–water partition coefficient (Wildman–Crippen LogP) is 1.23. The van der Waals surface area contributed by atoms with Crippen molar-refractivity contribution < 1.29 is 8.42 Å². The van der Waals surface area contributed by atoms with Gasteiger partial charge in [-0.15, -0.1) is 0 Å². The summed E-state index contributed by atoms with van der Waals surface area (Å²) in [7, 11) is -3.77. The van der Waals surface area contributed by atoms with Gasteiger partial charge in [0.15, 0.2) is 0 Å². The van der Waals surface area contributed by atoms with Gasteiger partial charge in [-0.3, -0.25) is 4.68 Å². The van der Waals surface area contributed by atoms with Crippen molar-refractivity contribution in [2.75, 3.05) is 0 Å². The van der Waals surface area contributed by atoms with Gasteiger partial charge >= 0.3 is 0 Å². The fourth-order valence-corrected chi connectivity index (χ4v) is 2.57. The molecule has 2 N–H and O–H groups in total. The lowest BCUT2D eigenvalue weighted by Crippen LogP contribution is -2.13. The second-order valence-corrected chi connectivity index (χ2v) is 5.45. The van der Waals surface area contributed by atoms with Crippen molar-refractivity contribution in [3.63, 3.8) is 0 Å². The van der Waals surface area contributed by atoms with E-state index in [1.54, 1.807) is 29.1 Å². The first-order valence-corrected chi connectivity index (χ1v) is 6.68. The zero-order valence-electron chi connectivity index (χ0n) is 8.75. The van der Waals surface area contributed by atoms with Crippen LogP contribution >= 0.6 is 11.6 Å². The van der Waals surface area contributed by atoms with Crippen LogP contribution in [-0.2, 0) is 16.6 Å². The monoisotopic (exact) mass is 271 g/mol. The van der Waals surface area contributed by atoms with Crippen molar-refractivity contribution >= 4 is 21.6 Å². The van der Waals surface area contributed by atoms with Crippen molar-refractivity contribution in [1.29, 1.82) is 0 Å². The minimum Gasteiger partial charge on any atom is -0.268 e. The lowest BCUT2D eigenvalue weighted by Gasteiger charge is -2.05. The summed E-state index contributed by atoms with van der Waals surface area (Å²) in [6.07, 6.45) is 3.47. The fraction of sp³-hybridized carbons (Fsp3) is 0.100. The number of hydrogen-bond acceptors (Lipinski definition) is 3. The number of aromatic nitrogens is 2. The lowest BCUT2D eigenvalue weighted by molar-refractivity contribution is 0.597. The summed E-state index contributed by atoms with van der Waals surface area (Å²) in [5.74, 6) is 0. The fourth-order valence-electron chi connectivity index (χ4n) is 1.45. The van der Waals surface area contributed by atoms with Crippen molar-refractivity contribution in [3.05, 3.63) is 47.2 Å². The Labute approximate surface area is 104 Å². The summed E-state index contributed by atoms with van der Waals surface area (Å²) in [6.45, 7) is 0.525. The van der Waals surface area contributed by atoms with Gasteiger partial charge in [0.05, 0.1) is 11.6 Å². The average molecular weight is 272 g/mol. The van der Waals surface area contributed by atoms with E-state index >= 15 is 0 Å². The standard InChI is InChI=1S/C10H10ClN3O2S/c11-9-6-8(7-14-5-1-4-13-14)2-3-10(9)17(12,15)16/h1-6H,7H2,(H2,12,15,16). The Morgan fingerprint density at radius 3 is 2.71 bits per heavy atom. The van der Waals surface area contributed by atoms with Gasteiger partial charge in [-0.25, -0.2) is 13.6 Å². The molecule has 0 saturated carbocycles. The zero-order chi connectivity index (χ0) is 12.5. The topological polar surface area (TPSA) is 78.0 Å². The van der Waals surface area contributed by atoms with Crippen LogP contribution in [0.4, 0.5) is 0 Å². The molecule has 0 aliphatic rings. The Morgan fingerprint density at radius 2 is 2.18 bits per heavy atom. The first-order chi connectivity index (χ1) is 7.97. The van der Waals surface area contributed by atoms with E-state index in [1.807, 2.05) is 6.20 Å². The summed E-state index contributed by atoms with van der Waals surface area (Å²) < 4.78 is 24.0. The van der Waals surface area contributed by atoms with Crippen LogP contribution in [0.2, 0.25) is 5.02 Å². The molecule has 0 spiro atoms. The summed E-state index contributed by atoms with van der Waals surface area (Å²) in [4.78, 5) is -0.0663. The van der Waals surface area contributed by atoms with E-state index in [1.165, 1.54) is 6.07 Å². The third kappa shape index (κ3) is 2.85. The number of primary sulfonamides is 1. The highest BCUT2D eigenvalue weighted by Crippen LogP contribution is 2.21. The van der Waals surface area contributed by atoms with Crippen LogP contribution in [0.15, 0.2) is 41.6 Å². The predicted molar refractivity (Wildman–Crippen MR) is 64.2 cm³/mol. The number of benzene rings is 1. The molecular formula is C10H10ClN3O2S. The van der Waals surface area contributed by atoms with Gasteiger partial charge in [-0.1, -0.05) is 17.7 Å². The Morgan fingerprint density at radius 1 is 1.41 bits per heavy atom. The van der Waals surface area contributed by atoms with Crippen molar-refractivity contribution in [1.82, 2.24) is 9.78 Å². The van der Waals surface area contributed by atoms with Crippen molar-refractivity contribution in [2.45, 2.75) is 11.4 Å². The number of nitrogens with zero attached hydrogens (tertiary/aromatic N) is 2. The molecule has 1 aromatic carbocycles. The third-order valence-corrected chi connectivity index (χ3v) is 3.60. The second kappa shape index (κ2) is 4.48. The first kappa shape index (κ1) is 12.1. The molecule has 0 aliphatic carbocycles. The molecule has 2 aromatic rings. The quantitative estimate of drug-likeness (QED) is 0.912. The molecule has 0 radical (unpaired) electrons. The van der Waals surface area contributed by atoms with Gasteiger partial charge in [0, 0.05) is 12.4 Å². The summed E-state index contributed by atoms with van der Waals surface area (Å²) in [5, 5.41) is 9.18. The molecule has 1 heterocycles. The van der Waals surface area contributed by atoms with E-state index in [4.69, 9.17) is 16.7 Å². The normalized spacial score (nSPS) is 11.6. The molecule has 90 valence electrons. The molecule has 1 aromatic heterocycles. The number of halogens is 1. The summed E-state index contributed by atoms with van der Waals surface area (Å²) >= 11 is 5.87. The highest BCUT2D eigenvalue weighted by atomic mass is 35.5. The van der Waals surface area contributed by atoms with Crippen LogP contribution in [0.1, 0.15) is 5.56 Å². The SMILES string of the molecule is NS(=O)(=O)c1ccc(Cn2cccn2)cc1Cl. The van der Waals surface area contributed by atoms with Gasteiger partial charge in [0.25, 0.3) is 0 Å². The molecule has 0 bridgehead atoms. The summed E-state index contributed by atoms with van der Waals surface area (Å²) in [6, 6.07) is 6.44. The minimum absolute atomic E-state index is 0.0663. The lowest BCUT2D eigenvalue weighted by atomic mass is 10.2. The van der Waals surface area contributed by atoms with Gasteiger partial charge in [0.2, 0.25) is 10.0 Å². The van der Waals surface area contributed by atoms with E-state index in [9.17, 15) is 8.42 Å². The number of hydrogen-bond donors (Lipinski definition) is 1. The highest BCUT2D eigenvalue weighted by Gasteiger charge is 2.12. The van der Waals surface area contributed by atoms with Crippen molar-refractivity contribution in [3.8, 4) is 0 Å². The molecule has 0 amide bonds. The maximum atomic E-state index is 11.2. The van der Waals surface area contributed by atoms with Gasteiger partial charge in [-0.2, -0.15) is 5.10 Å². The molecular weight excluding hydrogens is 262 g/mol. The maximum Gasteiger partial charge on any atom is 0.239 e. The van der Waals surface area contributed by atoms with Crippen LogP contribution in [0, 0.1) is 0 Å². The van der Waals surface area contributed by atoms with Crippen LogP contribution < -0.4 is 5.14 Å². The van der Waals surface area contributed by atoms with Gasteiger partial charge in [0.1, 0.15) is 4.90 Å². The maximum absolute atomic E-state index is 11.2. The Bertz CT molecular complexity index is 623. The van der Waals surface area contributed by atoms with E-state index in [0.717, 1.165) is 5.56 Å². The van der Waals surface area contributed by atoms with E-state index < -0.39 is 10.0 Å². The smallest absolute Gasteiger partial charge is 0.239 e. The Balaban J connectivity index is 2.32. The summed E-state index contributed by atoms with van der Waals surface area (Å²) in [5.41, 5.74) is 0.853. The first-order valence-electron chi connectivity index (χ1n) is 4.75. The molecule has 0 atom stereocenters. The average Bonchev–Trinajstić information content (AvgIpc) is 2.68. The van der Waals surface area contributed by atoms with Crippen LogP contribution in [-0.4, -0.2) is 18.2 Å². The van der Waals surface area contributed by atoms with Crippen LogP contribution in [0.3, 0.4) is 0 Å². The van der Waals surface area contributed by atoms with Gasteiger partial charge in [-0.05, 0) is 23.8 Å². The highest BCUT2D eigenvalue weighted by molar-refractivity contribution is 7.89. The molecule has 0 aliphatic heterocycles. The van der Waals surface area contributed by atoms with Crippen LogP contribution in [0.25, 0.3) is 0 Å². The number of rotatable bonds is 3. The molecule has 7 heteroatoms. The minimum atomic E-state index is -3.77. The van der Waals surface area contributed by atoms with Gasteiger partial charge < -0.3 is 0 Å². The largest absolute Gasteiger partial charge is 0.268 e.